The van der Waals surface area contributed by atoms with Crippen LogP contribution in [0.1, 0.15) is 39.9 Å². The Morgan fingerprint density at radius 3 is 2.46 bits per heavy atom. The molecule has 2 heterocycles. The van der Waals surface area contributed by atoms with Crippen molar-refractivity contribution >= 4 is 23.2 Å². The van der Waals surface area contributed by atoms with E-state index in [1.807, 2.05) is 29.2 Å². The van der Waals surface area contributed by atoms with Crippen molar-refractivity contribution in [2.75, 3.05) is 38.8 Å². The molecule has 0 N–H and O–H groups in total. The SMILES string of the molecule is COc1ccc(C(=O)N2CC3(CCN(Cc4cccc(Cl)c4)CC3)c3cc(C)ccc32)cc1OC. The summed E-state index contributed by atoms with van der Waals surface area (Å²) in [7, 11) is 3.19. The first-order valence-electron chi connectivity index (χ1n) is 12.0. The van der Waals surface area contributed by atoms with Crippen molar-refractivity contribution in [2.45, 2.75) is 31.7 Å². The summed E-state index contributed by atoms with van der Waals surface area (Å²) in [6, 6.07) is 20.0. The van der Waals surface area contributed by atoms with E-state index in [-0.39, 0.29) is 11.3 Å². The van der Waals surface area contributed by atoms with Crippen LogP contribution in [-0.4, -0.2) is 44.7 Å². The second kappa shape index (κ2) is 9.56. The zero-order valence-corrected chi connectivity index (χ0v) is 21.3. The lowest BCUT2D eigenvalue weighted by Crippen LogP contribution is -2.45. The van der Waals surface area contributed by atoms with Gasteiger partial charge in [0.15, 0.2) is 11.5 Å². The number of hydrogen-bond acceptors (Lipinski definition) is 4. The molecule has 1 amide bonds. The van der Waals surface area contributed by atoms with Crippen LogP contribution in [0.25, 0.3) is 0 Å². The smallest absolute Gasteiger partial charge is 0.258 e. The second-order valence-electron chi connectivity index (χ2n) is 9.67. The number of piperidine rings is 1. The van der Waals surface area contributed by atoms with Crippen LogP contribution in [0.15, 0.2) is 60.7 Å². The predicted molar refractivity (Wildman–Crippen MR) is 140 cm³/mol. The molecule has 0 aliphatic carbocycles. The van der Waals surface area contributed by atoms with Gasteiger partial charge in [-0.1, -0.05) is 41.4 Å². The van der Waals surface area contributed by atoms with Crippen molar-refractivity contribution in [1.29, 1.82) is 0 Å². The number of fused-ring (bicyclic) bond motifs is 2. The summed E-state index contributed by atoms with van der Waals surface area (Å²) in [5, 5.41) is 0.778. The van der Waals surface area contributed by atoms with Gasteiger partial charge in [0.2, 0.25) is 0 Å². The Hall–Kier alpha value is -3.02. The molecular formula is C29H31ClN2O3. The molecular weight excluding hydrogens is 460 g/mol. The highest BCUT2D eigenvalue weighted by atomic mass is 35.5. The largest absolute Gasteiger partial charge is 0.493 e. The molecule has 5 nitrogen and oxygen atoms in total. The molecule has 0 unspecified atom stereocenters. The fourth-order valence-corrected chi connectivity index (χ4v) is 5.76. The molecule has 1 fully saturated rings. The first kappa shape index (κ1) is 23.7. The molecule has 1 spiro atoms. The number of carbonyl (C=O) groups excluding carboxylic acids is 1. The van der Waals surface area contributed by atoms with Crippen molar-refractivity contribution in [2.24, 2.45) is 0 Å². The highest BCUT2D eigenvalue weighted by Crippen LogP contribution is 2.48. The minimum absolute atomic E-state index is 0.00529. The highest BCUT2D eigenvalue weighted by Gasteiger charge is 2.46. The zero-order chi connectivity index (χ0) is 24.6. The van der Waals surface area contributed by atoms with Gasteiger partial charge >= 0.3 is 0 Å². The lowest BCUT2D eigenvalue weighted by molar-refractivity contribution is 0.0975. The number of anilines is 1. The summed E-state index contributed by atoms with van der Waals surface area (Å²) < 4.78 is 10.8. The summed E-state index contributed by atoms with van der Waals surface area (Å²) in [6.45, 7) is 5.69. The zero-order valence-electron chi connectivity index (χ0n) is 20.5. The number of aryl methyl sites for hydroxylation is 1. The van der Waals surface area contributed by atoms with E-state index in [4.69, 9.17) is 21.1 Å². The van der Waals surface area contributed by atoms with Crippen molar-refractivity contribution < 1.29 is 14.3 Å². The van der Waals surface area contributed by atoms with Crippen LogP contribution >= 0.6 is 11.6 Å². The molecule has 0 radical (unpaired) electrons. The van der Waals surface area contributed by atoms with Crippen LogP contribution < -0.4 is 14.4 Å². The summed E-state index contributed by atoms with van der Waals surface area (Å²) >= 11 is 6.19. The molecule has 6 heteroatoms. The first-order valence-corrected chi connectivity index (χ1v) is 12.4. The Balaban J connectivity index is 1.39. The molecule has 2 aliphatic heterocycles. The second-order valence-corrected chi connectivity index (χ2v) is 10.1. The maximum Gasteiger partial charge on any atom is 0.258 e. The van der Waals surface area contributed by atoms with E-state index in [1.165, 1.54) is 16.7 Å². The fourth-order valence-electron chi connectivity index (χ4n) is 5.55. The number of amides is 1. The van der Waals surface area contributed by atoms with E-state index < -0.39 is 0 Å². The summed E-state index contributed by atoms with van der Waals surface area (Å²) in [5.41, 5.74) is 5.36. The van der Waals surface area contributed by atoms with Gasteiger partial charge in [0.1, 0.15) is 0 Å². The van der Waals surface area contributed by atoms with E-state index in [1.54, 1.807) is 26.4 Å². The summed E-state index contributed by atoms with van der Waals surface area (Å²) in [4.78, 5) is 18.2. The standard InChI is InChI=1S/C29H31ClN2O3/c1-20-7-9-25-24(15-20)29(11-13-31(14-12-29)18-21-5-4-6-23(30)16-21)19-32(25)28(33)22-8-10-26(34-2)27(17-22)35-3/h4-10,15-17H,11-14,18-19H2,1-3H3. The van der Waals surface area contributed by atoms with Crippen molar-refractivity contribution in [1.82, 2.24) is 4.90 Å². The number of halogens is 1. The van der Waals surface area contributed by atoms with E-state index in [0.717, 1.165) is 43.2 Å². The third-order valence-electron chi connectivity index (χ3n) is 7.46. The van der Waals surface area contributed by atoms with Gasteiger partial charge in [0.25, 0.3) is 5.91 Å². The monoisotopic (exact) mass is 490 g/mol. The van der Waals surface area contributed by atoms with Crippen LogP contribution in [0.4, 0.5) is 5.69 Å². The van der Waals surface area contributed by atoms with E-state index in [2.05, 4.69) is 36.1 Å². The molecule has 0 atom stereocenters. The van der Waals surface area contributed by atoms with Crippen LogP contribution in [0.2, 0.25) is 5.02 Å². The van der Waals surface area contributed by atoms with Crippen LogP contribution in [0.5, 0.6) is 11.5 Å². The van der Waals surface area contributed by atoms with Gasteiger partial charge in [-0.05, 0) is 80.4 Å². The minimum Gasteiger partial charge on any atom is -0.493 e. The van der Waals surface area contributed by atoms with Crippen LogP contribution in [0, 0.1) is 6.92 Å². The Labute approximate surface area is 212 Å². The quantitative estimate of drug-likeness (QED) is 0.449. The number of benzene rings is 3. The maximum absolute atomic E-state index is 13.7. The first-order chi connectivity index (χ1) is 16.9. The number of likely N-dealkylation sites (tertiary alicyclic amines) is 1. The van der Waals surface area contributed by atoms with E-state index in [9.17, 15) is 4.79 Å². The average Bonchev–Trinajstić information content (AvgIpc) is 3.17. The van der Waals surface area contributed by atoms with Crippen molar-refractivity contribution in [3.05, 3.63) is 87.9 Å². The molecule has 3 aromatic rings. The summed E-state index contributed by atoms with van der Waals surface area (Å²) in [5.74, 6) is 1.17. The van der Waals surface area contributed by atoms with Gasteiger partial charge in [-0.3, -0.25) is 9.69 Å². The normalized spacial score (nSPS) is 16.9. The number of ether oxygens (including phenoxy) is 2. The van der Waals surface area contributed by atoms with Gasteiger partial charge in [-0.2, -0.15) is 0 Å². The molecule has 0 bridgehead atoms. The number of carbonyl (C=O) groups is 1. The van der Waals surface area contributed by atoms with Gasteiger partial charge in [-0.25, -0.2) is 0 Å². The van der Waals surface area contributed by atoms with E-state index >= 15 is 0 Å². The molecule has 5 rings (SSSR count). The number of nitrogens with zero attached hydrogens (tertiary/aromatic N) is 2. The van der Waals surface area contributed by atoms with Crippen molar-refractivity contribution in [3.8, 4) is 11.5 Å². The lowest BCUT2D eigenvalue weighted by Gasteiger charge is -2.40. The van der Waals surface area contributed by atoms with E-state index in [0.29, 0.717) is 23.6 Å². The topological polar surface area (TPSA) is 42.0 Å². The number of methoxy groups -OCH3 is 2. The lowest BCUT2D eigenvalue weighted by atomic mass is 9.74. The maximum atomic E-state index is 13.7. The van der Waals surface area contributed by atoms with Gasteiger partial charge < -0.3 is 14.4 Å². The molecule has 182 valence electrons. The molecule has 0 saturated carbocycles. The third-order valence-corrected chi connectivity index (χ3v) is 7.69. The highest BCUT2D eigenvalue weighted by molar-refractivity contribution is 6.30. The molecule has 0 aromatic heterocycles. The Morgan fingerprint density at radius 2 is 1.74 bits per heavy atom. The van der Waals surface area contributed by atoms with Crippen molar-refractivity contribution in [3.63, 3.8) is 0 Å². The van der Waals surface area contributed by atoms with Gasteiger partial charge in [-0.15, -0.1) is 0 Å². The Morgan fingerprint density at radius 1 is 0.971 bits per heavy atom. The van der Waals surface area contributed by atoms with Crippen LogP contribution in [-0.2, 0) is 12.0 Å². The number of rotatable bonds is 5. The van der Waals surface area contributed by atoms with Gasteiger partial charge in [0.05, 0.1) is 14.2 Å². The minimum atomic E-state index is -0.0294. The third kappa shape index (κ3) is 4.51. The molecule has 35 heavy (non-hydrogen) atoms. The fraction of sp³-hybridized carbons (Fsp3) is 0.345. The Kier molecular flexibility index (Phi) is 6.47. The molecule has 2 aliphatic rings. The van der Waals surface area contributed by atoms with Gasteiger partial charge in [0, 0.05) is 34.8 Å². The Bertz CT molecular complexity index is 1250. The van der Waals surface area contributed by atoms with Crippen LogP contribution in [0.3, 0.4) is 0 Å². The average molecular weight is 491 g/mol. The molecule has 3 aromatic carbocycles. The summed E-state index contributed by atoms with van der Waals surface area (Å²) in [6.07, 6.45) is 2.03. The predicted octanol–water partition coefficient (Wildman–Crippen LogP) is 5.86. The molecule has 1 saturated heterocycles. The number of hydrogen-bond donors (Lipinski definition) is 0.